The van der Waals surface area contributed by atoms with Gasteiger partial charge in [-0.1, -0.05) is 53.4 Å². The number of para-hydroxylation sites is 1. The number of benzene rings is 2. The number of aromatic nitrogens is 3. The summed E-state index contributed by atoms with van der Waals surface area (Å²) in [4.78, 5) is 16.9. The first-order valence-corrected chi connectivity index (χ1v) is 11.8. The van der Waals surface area contributed by atoms with Crippen molar-refractivity contribution in [1.29, 1.82) is 0 Å². The molecule has 0 bridgehead atoms. The Balaban J connectivity index is 1.39. The van der Waals surface area contributed by atoms with Gasteiger partial charge >= 0.3 is 0 Å². The van der Waals surface area contributed by atoms with Gasteiger partial charge in [-0.05, 0) is 43.4 Å². The molecule has 4 aromatic rings. The zero-order valence-corrected chi connectivity index (χ0v) is 18.6. The third-order valence-electron chi connectivity index (χ3n) is 3.92. The van der Waals surface area contributed by atoms with Crippen molar-refractivity contribution in [2.24, 2.45) is 0 Å². The highest BCUT2D eigenvalue weighted by Gasteiger charge is 2.10. The lowest BCUT2D eigenvalue weighted by Crippen LogP contribution is -2.14. The fourth-order valence-electron chi connectivity index (χ4n) is 2.63. The number of carbonyl (C=O) groups is 1. The van der Waals surface area contributed by atoms with Crippen molar-refractivity contribution in [1.82, 2.24) is 14.8 Å². The molecule has 5 nitrogen and oxygen atoms in total. The van der Waals surface area contributed by atoms with Gasteiger partial charge in [-0.25, -0.2) is 9.67 Å². The van der Waals surface area contributed by atoms with Crippen LogP contribution in [-0.2, 0) is 4.79 Å². The molecule has 29 heavy (non-hydrogen) atoms. The fraction of sp³-hybridized carbons (Fsp3) is 0.100. The Bertz CT molecular complexity index is 1200. The number of hydrogen-bond acceptors (Lipinski definition) is 7. The first-order chi connectivity index (χ1) is 14.1. The van der Waals surface area contributed by atoms with E-state index in [2.05, 4.69) is 15.4 Å². The summed E-state index contributed by atoms with van der Waals surface area (Å²) in [6, 6.07) is 17.5. The van der Waals surface area contributed by atoms with Crippen LogP contribution in [0.2, 0.25) is 0 Å². The van der Waals surface area contributed by atoms with Gasteiger partial charge in [0.1, 0.15) is 0 Å². The summed E-state index contributed by atoms with van der Waals surface area (Å²) >= 11 is 9.79. The highest BCUT2D eigenvalue weighted by atomic mass is 32.2. The summed E-state index contributed by atoms with van der Waals surface area (Å²) in [5.41, 5.74) is 3.57. The molecule has 0 aliphatic carbocycles. The van der Waals surface area contributed by atoms with Crippen LogP contribution < -0.4 is 5.32 Å². The molecule has 0 saturated heterocycles. The lowest BCUT2D eigenvalue weighted by atomic mass is 10.1. The van der Waals surface area contributed by atoms with E-state index in [1.165, 1.54) is 23.1 Å². The van der Waals surface area contributed by atoms with Gasteiger partial charge in [0.15, 0.2) is 8.29 Å². The van der Waals surface area contributed by atoms with E-state index in [0.717, 1.165) is 32.0 Å². The molecule has 0 fully saturated rings. The second-order valence-corrected chi connectivity index (χ2v) is 9.96. The normalized spacial score (nSPS) is 10.8. The van der Waals surface area contributed by atoms with Crippen LogP contribution >= 0.6 is 46.7 Å². The molecule has 2 heterocycles. The minimum absolute atomic E-state index is 0.0889. The highest BCUT2D eigenvalue weighted by molar-refractivity contribution is 8.01. The topological polar surface area (TPSA) is 59.8 Å². The molecular formula is C20H16N4OS4. The summed E-state index contributed by atoms with van der Waals surface area (Å²) in [7, 11) is 0. The molecule has 0 radical (unpaired) electrons. The molecule has 0 aliphatic rings. The maximum Gasteiger partial charge on any atom is 0.234 e. The average molecular weight is 457 g/mol. The highest BCUT2D eigenvalue weighted by Crippen LogP contribution is 2.26. The van der Waals surface area contributed by atoms with Crippen LogP contribution in [0, 0.1) is 10.9 Å². The maximum absolute atomic E-state index is 12.4. The number of aryl methyl sites for hydroxylation is 1. The minimum atomic E-state index is -0.0889. The van der Waals surface area contributed by atoms with Crippen molar-refractivity contribution in [3.63, 3.8) is 0 Å². The smallest absolute Gasteiger partial charge is 0.234 e. The molecule has 9 heteroatoms. The third-order valence-corrected chi connectivity index (χ3v) is 7.06. The molecule has 2 aromatic carbocycles. The van der Waals surface area contributed by atoms with Crippen molar-refractivity contribution >= 4 is 58.2 Å². The van der Waals surface area contributed by atoms with Crippen molar-refractivity contribution in [2.45, 2.75) is 11.3 Å². The Morgan fingerprint density at radius 1 is 1.21 bits per heavy atom. The second-order valence-electron chi connectivity index (χ2n) is 6.05. The molecule has 1 amide bonds. The molecule has 0 spiro atoms. The predicted octanol–water partition coefficient (Wildman–Crippen LogP) is 5.83. The molecule has 4 rings (SSSR count). The van der Waals surface area contributed by atoms with Gasteiger partial charge in [-0.2, -0.15) is 0 Å². The van der Waals surface area contributed by atoms with E-state index in [1.54, 1.807) is 16.0 Å². The Kier molecular flexibility index (Phi) is 6.19. The summed E-state index contributed by atoms with van der Waals surface area (Å²) < 4.78 is 3.14. The van der Waals surface area contributed by atoms with E-state index in [-0.39, 0.29) is 11.7 Å². The van der Waals surface area contributed by atoms with Crippen molar-refractivity contribution in [2.75, 3.05) is 11.1 Å². The number of nitrogens with zero attached hydrogens (tertiary/aromatic N) is 3. The number of anilines is 1. The monoisotopic (exact) mass is 456 g/mol. The Labute approximate surface area is 185 Å². The number of thioether (sulfide) groups is 1. The number of rotatable bonds is 6. The van der Waals surface area contributed by atoms with Gasteiger partial charge in [0.05, 0.1) is 22.1 Å². The van der Waals surface area contributed by atoms with Crippen molar-refractivity contribution in [3.8, 4) is 16.9 Å². The van der Waals surface area contributed by atoms with E-state index in [9.17, 15) is 4.79 Å². The van der Waals surface area contributed by atoms with Gasteiger partial charge in [-0.3, -0.25) is 4.79 Å². The number of carbonyl (C=O) groups excluding carboxylic acids is 1. The molecule has 0 saturated carbocycles. The van der Waals surface area contributed by atoms with Gasteiger partial charge < -0.3 is 5.32 Å². The predicted molar refractivity (Wildman–Crippen MR) is 124 cm³/mol. The molecule has 0 unspecified atom stereocenters. The number of hydrogen-bond donors (Lipinski definition) is 1. The lowest BCUT2D eigenvalue weighted by Gasteiger charge is -2.06. The largest absolute Gasteiger partial charge is 0.325 e. The zero-order chi connectivity index (χ0) is 20.2. The summed E-state index contributed by atoms with van der Waals surface area (Å²) in [5, 5.41) is 10.5. The van der Waals surface area contributed by atoms with E-state index in [0.29, 0.717) is 3.95 Å². The standard InChI is InChI=1S/C20H16N4OS4/c1-13-21-17(11-27-13)14-6-5-7-15(10-14)22-18(25)12-28-19-23-24(20(26)29-19)16-8-3-2-4-9-16/h2-11H,12H2,1H3,(H,22,25). The molecule has 0 atom stereocenters. The Morgan fingerprint density at radius 3 is 2.79 bits per heavy atom. The minimum Gasteiger partial charge on any atom is -0.325 e. The first-order valence-electron chi connectivity index (χ1n) is 8.69. The summed E-state index contributed by atoms with van der Waals surface area (Å²) in [6.45, 7) is 1.98. The molecule has 0 aliphatic heterocycles. The molecule has 2 aromatic heterocycles. The Morgan fingerprint density at radius 2 is 2.03 bits per heavy atom. The average Bonchev–Trinajstić information content (AvgIpc) is 3.33. The quantitative estimate of drug-likeness (QED) is 0.292. The molecule has 1 N–H and O–H groups in total. The zero-order valence-electron chi connectivity index (χ0n) is 15.4. The van der Waals surface area contributed by atoms with Crippen LogP contribution in [0.1, 0.15) is 5.01 Å². The Hall–Kier alpha value is -2.33. The van der Waals surface area contributed by atoms with Crippen LogP contribution in [0.15, 0.2) is 64.3 Å². The summed E-state index contributed by atoms with van der Waals surface area (Å²) in [5.74, 6) is 0.172. The van der Waals surface area contributed by atoms with E-state index in [4.69, 9.17) is 12.2 Å². The fourth-order valence-corrected chi connectivity index (χ4v) is 5.41. The van der Waals surface area contributed by atoms with E-state index >= 15 is 0 Å². The van der Waals surface area contributed by atoms with Crippen LogP contribution in [0.3, 0.4) is 0 Å². The second kappa shape index (κ2) is 9.00. The first kappa shape index (κ1) is 20.0. The number of amides is 1. The van der Waals surface area contributed by atoms with E-state index in [1.807, 2.05) is 66.9 Å². The maximum atomic E-state index is 12.4. The van der Waals surface area contributed by atoms with Crippen molar-refractivity contribution in [3.05, 3.63) is 68.9 Å². The van der Waals surface area contributed by atoms with Crippen LogP contribution in [-0.4, -0.2) is 26.4 Å². The van der Waals surface area contributed by atoms with Crippen LogP contribution in [0.5, 0.6) is 0 Å². The SMILES string of the molecule is Cc1nc(-c2cccc(NC(=O)CSc3nn(-c4ccccc4)c(=S)s3)c2)cs1. The van der Waals surface area contributed by atoms with Gasteiger partial charge in [-0.15, -0.1) is 16.4 Å². The van der Waals surface area contributed by atoms with E-state index < -0.39 is 0 Å². The van der Waals surface area contributed by atoms with Gasteiger partial charge in [0, 0.05) is 16.6 Å². The van der Waals surface area contributed by atoms with Crippen LogP contribution in [0.25, 0.3) is 16.9 Å². The van der Waals surface area contributed by atoms with Gasteiger partial charge in [0.25, 0.3) is 0 Å². The number of thiazole rings is 1. The number of nitrogens with one attached hydrogen (secondary N) is 1. The van der Waals surface area contributed by atoms with Gasteiger partial charge in [0.2, 0.25) is 5.91 Å². The lowest BCUT2D eigenvalue weighted by molar-refractivity contribution is -0.113. The molecular weight excluding hydrogens is 441 g/mol. The third kappa shape index (κ3) is 4.99. The van der Waals surface area contributed by atoms with Crippen molar-refractivity contribution < 1.29 is 4.79 Å². The molecule has 146 valence electrons. The summed E-state index contributed by atoms with van der Waals surface area (Å²) in [6.07, 6.45) is 0. The van der Waals surface area contributed by atoms with Crippen LogP contribution in [0.4, 0.5) is 5.69 Å².